The lowest BCUT2D eigenvalue weighted by Gasteiger charge is -2.38. The first-order chi connectivity index (χ1) is 14.2. The van der Waals surface area contributed by atoms with E-state index in [1.54, 1.807) is 13.1 Å². The molecule has 1 unspecified atom stereocenters. The molecule has 3 rings (SSSR count). The zero-order chi connectivity index (χ0) is 21.8. The maximum absolute atomic E-state index is 13.5. The van der Waals surface area contributed by atoms with E-state index >= 15 is 0 Å². The Morgan fingerprint density at radius 1 is 1.35 bits per heavy atom. The van der Waals surface area contributed by atoms with Crippen LogP contribution in [0.4, 0.5) is 10.1 Å². The number of halogens is 2. The normalized spacial score (nSPS) is 21.9. The first-order valence-electron chi connectivity index (χ1n) is 10.5. The van der Waals surface area contributed by atoms with Crippen LogP contribution in [0.5, 0.6) is 0 Å². The van der Waals surface area contributed by atoms with Gasteiger partial charge in [-0.1, -0.05) is 0 Å². The molecule has 2 fully saturated rings. The average molecular weight is 568 g/mol. The van der Waals surface area contributed by atoms with E-state index < -0.39 is 14.6 Å². The van der Waals surface area contributed by atoms with E-state index in [-0.39, 0.29) is 35.8 Å². The van der Waals surface area contributed by atoms with Crippen LogP contribution in [-0.4, -0.2) is 71.3 Å². The number of piperidine rings is 1. The van der Waals surface area contributed by atoms with Crippen LogP contribution in [0.2, 0.25) is 0 Å². The fraction of sp³-hybridized carbons (Fsp3) is 0.667. The van der Waals surface area contributed by atoms with Crippen molar-refractivity contribution in [3.8, 4) is 0 Å². The molecule has 10 heteroatoms. The largest absolute Gasteiger partial charge is 0.381 e. The molecular weight excluding hydrogens is 534 g/mol. The number of benzene rings is 1. The van der Waals surface area contributed by atoms with E-state index in [9.17, 15) is 12.8 Å². The standard InChI is InChI=1S/C21H33FN4O3S.HI/c1-16-13-17(22)6-7-19(16)26-10-4-5-18(14-26)25-20(23-2)24-15-21(30(3,27)28)8-11-29-12-9-21;/h6-7,13,18H,4-5,8-12,14-15H2,1-3H3,(H2,23,24,25);1H. The lowest BCUT2D eigenvalue weighted by molar-refractivity contribution is 0.0756. The zero-order valence-electron chi connectivity index (χ0n) is 18.5. The van der Waals surface area contributed by atoms with Crippen molar-refractivity contribution in [3.05, 3.63) is 29.6 Å². The van der Waals surface area contributed by atoms with E-state index in [0.29, 0.717) is 38.6 Å². The SMILES string of the molecule is CN=C(NCC1(S(C)(=O)=O)CCOCC1)NC1CCCN(c2ccc(F)cc2C)C1.I. The number of nitrogens with one attached hydrogen (secondary N) is 2. The highest BCUT2D eigenvalue weighted by Gasteiger charge is 2.42. The molecule has 0 aromatic heterocycles. The number of hydrogen-bond donors (Lipinski definition) is 2. The number of guanidine groups is 1. The van der Waals surface area contributed by atoms with E-state index in [1.165, 1.54) is 12.3 Å². The second-order valence-corrected chi connectivity index (χ2v) is 10.8. The van der Waals surface area contributed by atoms with Gasteiger partial charge in [0.05, 0.1) is 4.75 Å². The molecule has 2 aliphatic heterocycles. The molecule has 2 saturated heterocycles. The molecule has 1 aromatic carbocycles. The Hall–Kier alpha value is -1.14. The Morgan fingerprint density at radius 3 is 2.68 bits per heavy atom. The quantitative estimate of drug-likeness (QED) is 0.323. The maximum Gasteiger partial charge on any atom is 0.191 e. The van der Waals surface area contributed by atoms with Gasteiger partial charge in [-0.3, -0.25) is 4.99 Å². The lowest BCUT2D eigenvalue weighted by Crippen LogP contribution is -2.56. The van der Waals surface area contributed by atoms with Crippen LogP contribution in [-0.2, 0) is 14.6 Å². The van der Waals surface area contributed by atoms with Gasteiger partial charge in [0.1, 0.15) is 5.82 Å². The van der Waals surface area contributed by atoms with Crippen LogP contribution >= 0.6 is 24.0 Å². The van der Waals surface area contributed by atoms with Crippen molar-refractivity contribution in [1.29, 1.82) is 0 Å². The number of aryl methyl sites for hydroxylation is 1. The first-order valence-corrected chi connectivity index (χ1v) is 12.4. The van der Waals surface area contributed by atoms with Crippen LogP contribution < -0.4 is 15.5 Å². The summed E-state index contributed by atoms with van der Waals surface area (Å²) in [6.07, 6.45) is 4.27. The first kappa shape index (κ1) is 26.1. The summed E-state index contributed by atoms with van der Waals surface area (Å²) in [6.45, 7) is 4.84. The van der Waals surface area contributed by atoms with Crippen molar-refractivity contribution in [2.24, 2.45) is 4.99 Å². The van der Waals surface area contributed by atoms with Gasteiger partial charge in [0.2, 0.25) is 0 Å². The molecule has 2 heterocycles. The molecular formula is C21H34FIN4O3S. The molecule has 1 atom stereocenters. The summed E-state index contributed by atoms with van der Waals surface area (Å²) in [5, 5.41) is 6.68. The Morgan fingerprint density at radius 2 is 2.06 bits per heavy atom. The third-order valence-corrected chi connectivity index (χ3v) is 8.38. The number of ether oxygens (including phenoxy) is 1. The minimum absolute atomic E-state index is 0. The van der Waals surface area contributed by atoms with Crippen molar-refractivity contribution in [2.45, 2.75) is 43.4 Å². The van der Waals surface area contributed by atoms with Gasteiger partial charge in [-0.25, -0.2) is 12.8 Å². The smallest absolute Gasteiger partial charge is 0.191 e. The van der Waals surface area contributed by atoms with Crippen LogP contribution in [0.1, 0.15) is 31.2 Å². The van der Waals surface area contributed by atoms with Crippen LogP contribution in [0, 0.1) is 12.7 Å². The summed E-state index contributed by atoms with van der Waals surface area (Å²) in [6, 6.07) is 5.06. The van der Waals surface area contributed by atoms with Crippen molar-refractivity contribution >= 4 is 45.5 Å². The fourth-order valence-corrected chi connectivity index (χ4v) is 5.58. The van der Waals surface area contributed by atoms with E-state index in [4.69, 9.17) is 4.74 Å². The van der Waals surface area contributed by atoms with E-state index in [1.807, 2.05) is 13.0 Å². The third kappa shape index (κ3) is 6.44. The van der Waals surface area contributed by atoms with Gasteiger partial charge < -0.3 is 20.3 Å². The minimum Gasteiger partial charge on any atom is -0.381 e. The summed E-state index contributed by atoms with van der Waals surface area (Å²) in [5.74, 6) is 0.382. The summed E-state index contributed by atoms with van der Waals surface area (Å²) < 4.78 is 42.9. The second-order valence-electron chi connectivity index (χ2n) is 8.35. The molecule has 0 saturated carbocycles. The highest BCUT2D eigenvalue weighted by atomic mass is 127. The molecule has 2 aliphatic rings. The van der Waals surface area contributed by atoms with Gasteiger partial charge in [0, 0.05) is 57.9 Å². The van der Waals surface area contributed by atoms with Gasteiger partial charge in [0.25, 0.3) is 0 Å². The Labute approximate surface area is 202 Å². The fourth-order valence-electron chi connectivity index (χ4n) is 4.34. The predicted molar refractivity (Wildman–Crippen MR) is 134 cm³/mol. The zero-order valence-corrected chi connectivity index (χ0v) is 21.6. The number of nitrogens with zero attached hydrogens (tertiary/aromatic N) is 2. The average Bonchev–Trinajstić information content (AvgIpc) is 2.71. The summed E-state index contributed by atoms with van der Waals surface area (Å²) in [4.78, 5) is 6.57. The van der Waals surface area contributed by atoms with Crippen molar-refractivity contribution in [3.63, 3.8) is 0 Å². The summed E-state index contributed by atoms with van der Waals surface area (Å²) >= 11 is 0. The topological polar surface area (TPSA) is 83.0 Å². The van der Waals surface area contributed by atoms with Crippen molar-refractivity contribution in [2.75, 3.05) is 51.1 Å². The maximum atomic E-state index is 13.5. The lowest BCUT2D eigenvalue weighted by atomic mass is 9.99. The monoisotopic (exact) mass is 568 g/mol. The second kappa shape index (κ2) is 11.1. The van der Waals surface area contributed by atoms with Gasteiger partial charge >= 0.3 is 0 Å². The minimum atomic E-state index is -3.24. The highest BCUT2D eigenvalue weighted by Crippen LogP contribution is 2.29. The number of sulfone groups is 1. The number of aliphatic imine (C=N–C) groups is 1. The molecule has 2 N–H and O–H groups in total. The Balaban J connectivity index is 0.00000341. The van der Waals surface area contributed by atoms with Crippen LogP contribution in [0.3, 0.4) is 0 Å². The highest BCUT2D eigenvalue weighted by molar-refractivity contribution is 14.0. The Kier molecular flexibility index (Phi) is 9.38. The van der Waals surface area contributed by atoms with E-state index in [2.05, 4.69) is 20.5 Å². The molecule has 7 nitrogen and oxygen atoms in total. The van der Waals surface area contributed by atoms with Crippen molar-refractivity contribution < 1.29 is 17.5 Å². The molecule has 0 bridgehead atoms. The summed E-state index contributed by atoms with van der Waals surface area (Å²) in [7, 11) is -1.55. The molecule has 0 aliphatic carbocycles. The molecule has 0 radical (unpaired) electrons. The molecule has 0 spiro atoms. The summed E-state index contributed by atoms with van der Waals surface area (Å²) in [5.41, 5.74) is 1.97. The van der Waals surface area contributed by atoms with Gasteiger partial charge in [-0.15, -0.1) is 24.0 Å². The number of anilines is 1. The Bertz CT molecular complexity index is 875. The third-order valence-electron chi connectivity index (χ3n) is 6.25. The van der Waals surface area contributed by atoms with Crippen LogP contribution in [0.25, 0.3) is 0 Å². The van der Waals surface area contributed by atoms with Crippen molar-refractivity contribution in [1.82, 2.24) is 10.6 Å². The molecule has 1 aromatic rings. The number of rotatable bonds is 5. The molecule has 31 heavy (non-hydrogen) atoms. The van der Waals surface area contributed by atoms with Gasteiger partial charge in [-0.2, -0.15) is 0 Å². The molecule has 176 valence electrons. The van der Waals surface area contributed by atoms with Gasteiger partial charge in [0.15, 0.2) is 15.8 Å². The number of hydrogen-bond acceptors (Lipinski definition) is 5. The van der Waals surface area contributed by atoms with E-state index in [0.717, 1.165) is 37.2 Å². The van der Waals surface area contributed by atoms with Gasteiger partial charge in [-0.05, 0) is 56.4 Å². The van der Waals surface area contributed by atoms with Crippen LogP contribution in [0.15, 0.2) is 23.2 Å². The molecule has 0 amide bonds. The predicted octanol–water partition coefficient (Wildman–Crippen LogP) is 2.48.